The smallest absolute Gasteiger partial charge is 0.255 e. The quantitative estimate of drug-likeness (QED) is 0.328. The molecule has 2 aromatic carbocycles. The van der Waals surface area contributed by atoms with Crippen LogP contribution in [0.15, 0.2) is 53.7 Å². The molecule has 5 rings (SSSR count). The van der Waals surface area contributed by atoms with Crippen LogP contribution in [-0.2, 0) is 16.9 Å². The standard InChI is InChI=1S/C27H28ClF2N3O6S/c1-33-13-15(12-31-33)24(34)25(35)27(37)16-3-4-17(27)10-19(9-16)40(38,39)23-8-14(2-6-20(23)28)26(36)32-18-5-7-21(29)22(30)11-18/h2,5-8,11-13,16-17,19,24-25,34-35,37H,3-4,9-10H2,1H3,(H,32,36)/t16-,17+,19?,24?,25?,27?. The van der Waals surface area contributed by atoms with Crippen molar-refractivity contribution < 1.29 is 37.3 Å². The fraction of sp³-hybridized carbons (Fsp3) is 0.407. The van der Waals surface area contributed by atoms with Gasteiger partial charge in [-0.15, -0.1) is 0 Å². The van der Waals surface area contributed by atoms with Gasteiger partial charge in [0.2, 0.25) is 0 Å². The molecule has 0 radical (unpaired) electrons. The number of nitrogens with zero attached hydrogens (tertiary/aromatic N) is 2. The van der Waals surface area contributed by atoms with Gasteiger partial charge >= 0.3 is 0 Å². The number of fused-ring (bicyclic) bond motifs is 2. The second-order valence-electron chi connectivity index (χ2n) is 10.6. The summed E-state index contributed by atoms with van der Waals surface area (Å²) in [6.45, 7) is 0. The highest BCUT2D eigenvalue weighted by molar-refractivity contribution is 7.92. The Morgan fingerprint density at radius 2 is 1.80 bits per heavy atom. The van der Waals surface area contributed by atoms with Crippen LogP contribution in [0.1, 0.15) is 47.7 Å². The number of nitrogens with one attached hydrogen (secondary N) is 1. The van der Waals surface area contributed by atoms with E-state index in [0.29, 0.717) is 18.4 Å². The third kappa shape index (κ3) is 4.92. The van der Waals surface area contributed by atoms with Crippen LogP contribution in [0.5, 0.6) is 0 Å². The van der Waals surface area contributed by atoms with Gasteiger partial charge in [0.05, 0.1) is 27.0 Å². The molecule has 0 aliphatic heterocycles. The molecule has 2 aliphatic carbocycles. The number of aliphatic hydroxyl groups excluding tert-OH is 2. The zero-order valence-electron chi connectivity index (χ0n) is 21.3. The first kappa shape index (κ1) is 28.6. The molecule has 2 aliphatic rings. The molecule has 2 saturated carbocycles. The van der Waals surface area contributed by atoms with Gasteiger partial charge in [-0.25, -0.2) is 17.2 Å². The molecule has 214 valence electrons. The SMILES string of the molecule is Cn1cc(C(O)C(O)C2(O)[C@@H]3CC[C@H]2CC(S(=O)(=O)c2cc(C(=O)Nc4ccc(F)c(F)c4)ccc2Cl)C3)cn1. The molecule has 13 heteroatoms. The summed E-state index contributed by atoms with van der Waals surface area (Å²) in [5.41, 5.74) is -1.43. The molecule has 6 atom stereocenters. The van der Waals surface area contributed by atoms with Crippen LogP contribution in [0.3, 0.4) is 0 Å². The average molecular weight is 596 g/mol. The molecular formula is C27H28ClF2N3O6S. The summed E-state index contributed by atoms with van der Waals surface area (Å²) in [5, 5.41) is 38.8. The number of hydrogen-bond acceptors (Lipinski definition) is 7. The van der Waals surface area contributed by atoms with Crippen molar-refractivity contribution in [1.82, 2.24) is 9.78 Å². The van der Waals surface area contributed by atoms with E-state index in [1.165, 1.54) is 35.3 Å². The molecule has 1 heterocycles. The molecular weight excluding hydrogens is 568 g/mol. The lowest BCUT2D eigenvalue weighted by Crippen LogP contribution is -2.57. The van der Waals surface area contributed by atoms with Crippen LogP contribution in [0.4, 0.5) is 14.5 Å². The van der Waals surface area contributed by atoms with E-state index in [1.807, 2.05) is 0 Å². The van der Waals surface area contributed by atoms with E-state index in [9.17, 15) is 37.3 Å². The van der Waals surface area contributed by atoms with Gasteiger partial charge in [0.25, 0.3) is 5.91 Å². The summed E-state index contributed by atoms with van der Waals surface area (Å²) in [6, 6.07) is 6.55. The van der Waals surface area contributed by atoms with E-state index in [-0.39, 0.29) is 34.0 Å². The predicted octanol–water partition coefficient (Wildman–Crippen LogP) is 3.39. The van der Waals surface area contributed by atoms with Crippen molar-refractivity contribution in [2.75, 3.05) is 5.32 Å². The Morgan fingerprint density at radius 3 is 2.40 bits per heavy atom. The molecule has 4 N–H and O–H groups in total. The van der Waals surface area contributed by atoms with E-state index in [2.05, 4.69) is 10.4 Å². The maximum absolute atomic E-state index is 13.8. The number of benzene rings is 2. The number of carbonyl (C=O) groups is 1. The summed E-state index contributed by atoms with van der Waals surface area (Å²) in [5.74, 6) is -4.19. The third-order valence-corrected chi connectivity index (χ3v) is 10.9. The fourth-order valence-electron chi connectivity index (χ4n) is 6.13. The van der Waals surface area contributed by atoms with Gasteiger partial charge in [-0.3, -0.25) is 9.48 Å². The Balaban J connectivity index is 1.37. The number of rotatable bonds is 7. The number of sulfone groups is 1. The highest BCUT2D eigenvalue weighted by Crippen LogP contribution is 2.55. The summed E-state index contributed by atoms with van der Waals surface area (Å²) in [6.07, 6.45) is 0.948. The topological polar surface area (TPSA) is 142 Å². The Kier molecular flexibility index (Phi) is 7.51. The van der Waals surface area contributed by atoms with Crippen LogP contribution in [-0.4, -0.2) is 56.4 Å². The molecule has 0 saturated heterocycles. The number of carbonyl (C=O) groups excluding carboxylic acids is 1. The Hall–Kier alpha value is -2.90. The zero-order valence-corrected chi connectivity index (χ0v) is 22.9. The number of aliphatic hydroxyl groups is 3. The van der Waals surface area contributed by atoms with E-state index >= 15 is 0 Å². The van der Waals surface area contributed by atoms with Crippen LogP contribution in [0.25, 0.3) is 0 Å². The summed E-state index contributed by atoms with van der Waals surface area (Å²) in [7, 11) is -2.44. The van der Waals surface area contributed by atoms with E-state index in [0.717, 1.165) is 18.2 Å². The predicted molar refractivity (Wildman–Crippen MR) is 141 cm³/mol. The number of anilines is 1. The number of halogens is 3. The lowest BCUT2D eigenvalue weighted by molar-refractivity contribution is -0.177. The van der Waals surface area contributed by atoms with Crippen molar-refractivity contribution in [2.45, 2.75) is 53.6 Å². The molecule has 1 aromatic heterocycles. The van der Waals surface area contributed by atoms with Crippen LogP contribution >= 0.6 is 11.6 Å². The minimum atomic E-state index is -4.09. The van der Waals surface area contributed by atoms with Gasteiger partial charge in [-0.05, 0) is 67.9 Å². The molecule has 2 bridgehead atoms. The minimum absolute atomic E-state index is 0.0153. The van der Waals surface area contributed by atoms with Crippen molar-refractivity contribution >= 4 is 33.0 Å². The summed E-state index contributed by atoms with van der Waals surface area (Å²) >= 11 is 6.28. The summed E-state index contributed by atoms with van der Waals surface area (Å²) in [4.78, 5) is 12.5. The largest absolute Gasteiger partial charge is 0.387 e. The first-order chi connectivity index (χ1) is 18.8. The lowest BCUT2D eigenvalue weighted by atomic mass is 9.69. The van der Waals surface area contributed by atoms with Crippen molar-refractivity contribution in [3.63, 3.8) is 0 Å². The van der Waals surface area contributed by atoms with Gasteiger partial charge in [-0.1, -0.05) is 11.6 Å². The van der Waals surface area contributed by atoms with E-state index in [4.69, 9.17) is 11.6 Å². The molecule has 9 nitrogen and oxygen atoms in total. The average Bonchev–Trinajstić information content (AvgIpc) is 3.39. The molecule has 1 amide bonds. The van der Waals surface area contributed by atoms with E-state index in [1.54, 1.807) is 7.05 Å². The Bertz CT molecular complexity index is 1550. The summed E-state index contributed by atoms with van der Waals surface area (Å²) < 4.78 is 55.8. The lowest BCUT2D eigenvalue weighted by Gasteiger charge is -2.46. The third-order valence-electron chi connectivity index (χ3n) is 8.22. The fourth-order valence-corrected chi connectivity index (χ4v) is 8.53. The monoisotopic (exact) mass is 595 g/mol. The van der Waals surface area contributed by atoms with Crippen molar-refractivity contribution in [1.29, 1.82) is 0 Å². The first-order valence-electron chi connectivity index (χ1n) is 12.7. The van der Waals surface area contributed by atoms with Crippen LogP contribution in [0.2, 0.25) is 5.02 Å². The number of aryl methyl sites for hydroxylation is 1. The minimum Gasteiger partial charge on any atom is -0.387 e. The van der Waals surface area contributed by atoms with Crippen molar-refractivity contribution in [3.8, 4) is 0 Å². The zero-order chi connectivity index (χ0) is 29.0. The Labute approximate surface area is 234 Å². The first-order valence-corrected chi connectivity index (χ1v) is 14.6. The Morgan fingerprint density at radius 1 is 1.12 bits per heavy atom. The maximum atomic E-state index is 13.8. The van der Waals surface area contributed by atoms with Crippen LogP contribution < -0.4 is 5.32 Å². The maximum Gasteiger partial charge on any atom is 0.255 e. The highest BCUT2D eigenvalue weighted by atomic mass is 35.5. The number of hydrogen-bond donors (Lipinski definition) is 4. The molecule has 4 unspecified atom stereocenters. The molecule has 0 spiro atoms. The highest BCUT2D eigenvalue weighted by Gasteiger charge is 2.60. The van der Waals surface area contributed by atoms with Crippen molar-refractivity contribution in [3.05, 3.63) is 76.6 Å². The number of amides is 1. The van der Waals surface area contributed by atoms with Crippen LogP contribution in [0, 0.1) is 23.5 Å². The van der Waals surface area contributed by atoms with Gasteiger partial charge < -0.3 is 20.6 Å². The van der Waals surface area contributed by atoms with E-state index < -0.39 is 62.3 Å². The van der Waals surface area contributed by atoms with Gasteiger partial charge in [0.1, 0.15) is 12.2 Å². The van der Waals surface area contributed by atoms with Gasteiger partial charge in [-0.2, -0.15) is 5.10 Å². The second-order valence-corrected chi connectivity index (χ2v) is 13.2. The van der Waals surface area contributed by atoms with Gasteiger partial charge in [0.15, 0.2) is 21.5 Å². The van der Waals surface area contributed by atoms with Gasteiger partial charge in [0, 0.05) is 36.1 Å². The molecule has 2 fully saturated rings. The molecule has 40 heavy (non-hydrogen) atoms. The number of aromatic nitrogens is 2. The second kappa shape index (κ2) is 10.5. The van der Waals surface area contributed by atoms with Crippen molar-refractivity contribution in [2.24, 2.45) is 18.9 Å². The normalized spacial score (nSPS) is 25.9. The molecule has 3 aromatic rings.